The predicted molar refractivity (Wildman–Crippen MR) is 282 cm³/mol. The number of unbranched alkanes of at least 4 members (excludes halogenated alkanes) is 31. The van der Waals surface area contributed by atoms with Gasteiger partial charge < -0.3 is 20.3 Å². The highest BCUT2D eigenvalue weighted by Crippen LogP contribution is 2.18. The molecule has 0 aromatic rings. The molecule has 0 fully saturated rings. The van der Waals surface area contributed by atoms with Crippen LogP contribution in [0.2, 0.25) is 0 Å². The molecule has 0 aliphatic carbocycles. The van der Waals surface area contributed by atoms with Gasteiger partial charge in [0.15, 0.2) is 0 Å². The molecule has 6 heteroatoms. The van der Waals surface area contributed by atoms with Gasteiger partial charge in [-0.2, -0.15) is 0 Å². The zero-order valence-electron chi connectivity index (χ0n) is 43.1. The maximum absolute atomic E-state index is 13.2. The predicted octanol–water partition coefficient (Wildman–Crippen LogP) is 17.2. The first-order valence-corrected chi connectivity index (χ1v) is 28.1. The van der Waals surface area contributed by atoms with Crippen LogP contribution in [0.1, 0.15) is 278 Å². The van der Waals surface area contributed by atoms with Gasteiger partial charge in [0, 0.05) is 6.42 Å². The zero-order valence-corrected chi connectivity index (χ0v) is 43.1. The number of hydrogen-bond acceptors (Lipinski definition) is 5. The summed E-state index contributed by atoms with van der Waals surface area (Å²) >= 11 is 0. The number of aliphatic hydroxyl groups excluding tert-OH is 2. The molecule has 3 atom stereocenters. The van der Waals surface area contributed by atoms with Gasteiger partial charge in [-0.1, -0.05) is 255 Å². The van der Waals surface area contributed by atoms with E-state index in [0.29, 0.717) is 19.3 Å². The van der Waals surface area contributed by atoms with Crippen LogP contribution in [0, 0.1) is 0 Å². The minimum atomic E-state index is -0.800. The van der Waals surface area contributed by atoms with E-state index in [2.05, 4.69) is 86.8 Å². The van der Waals surface area contributed by atoms with Crippen molar-refractivity contribution in [2.45, 2.75) is 296 Å². The molecular weight excluding hydrogens is 803 g/mol. The number of carbonyl (C=O) groups excluding carboxylic acids is 2. The Balaban J connectivity index is 4.53. The van der Waals surface area contributed by atoms with E-state index in [4.69, 9.17) is 4.74 Å². The topological polar surface area (TPSA) is 95.9 Å². The van der Waals surface area contributed by atoms with Gasteiger partial charge in [0.1, 0.15) is 6.10 Å². The number of amides is 1. The van der Waals surface area contributed by atoms with Gasteiger partial charge in [-0.05, 0) is 70.6 Å². The third-order valence-corrected chi connectivity index (χ3v) is 12.7. The molecule has 0 saturated heterocycles. The lowest BCUT2D eigenvalue weighted by atomic mass is 10.0. The van der Waals surface area contributed by atoms with E-state index in [0.717, 1.165) is 83.5 Å². The number of esters is 1. The van der Waals surface area contributed by atoms with Crippen LogP contribution < -0.4 is 5.32 Å². The van der Waals surface area contributed by atoms with Gasteiger partial charge >= 0.3 is 5.97 Å². The lowest BCUT2D eigenvalue weighted by Crippen LogP contribution is -2.46. The summed E-state index contributed by atoms with van der Waals surface area (Å²) in [6.45, 7) is 6.44. The summed E-state index contributed by atoms with van der Waals surface area (Å²) in [6, 6.07) is -0.716. The molecule has 0 spiro atoms. The number of nitrogens with one attached hydrogen (secondary N) is 1. The van der Waals surface area contributed by atoms with E-state index in [1.807, 2.05) is 0 Å². The highest BCUT2D eigenvalue weighted by atomic mass is 16.5. The molecule has 0 radical (unpaired) electrons. The number of rotatable bonds is 50. The van der Waals surface area contributed by atoms with Crippen molar-refractivity contribution in [2.75, 3.05) is 6.61 Å². The summed E-state index contributed by atoms with van der Waals surface area (Å²) in [7, 11) is 0. The van der Waals surface area contributed by atoms with Crippen molar-refractivity contribution in [3.8, 4) is 0 Å². The number of carbonyl (C=O) groups is 2. The van der Waals surface area contributed by atoms with Crippen molar-refractivity contribution in [2.24, 2.45) is 0 Å². The molecule has 0 heterocycles. The molecule has 0 saturated carbocycles. The van der Waals surface area contributed by atoms with E-state index in [1.54, 1.807) is 0 Å². The highest BCUT2D eigenvalue weighted by Gasteiger charge is 2.24. The Labute approximate surface area is 403 Å². The van der Waals surface area contributed by atoms with Crippen LogP contribution in [0.3, 0.4) is 0 Å². The van der Waals surface area contributed by atoms with Crippen LogP contribution in [0.25, 0.3) is 0 Å². The van der Waals surface area contributed by atoms with Crippen LogP contribution >= 0.6 is 0 Å². The van der Waals surface area contributed by atoms with E-state index in [9.17, 15) is 19.8 Å². The van der Waals surface area contributed by atoms with Gasteiger partial charge in [0.2, 0.25) is 5.91 Å². The smallest absolute Gasteiger partial charge is 0.306 e. The first-order chi connectivity index (χ1) is 32.0. The van der Waals surface area contributed by atoms with Gasteiger partial charge in [0.05, 0.1) is 25.2 Å². The van der Waals surface area contributed by atoms with E-state index in [1.165, 1.54) is 148 Å². The third kappa shape index (κ3) is 47.8. The maximum Gasteiger partial charge on any atom is 0.306 e. The molecule has 0 bridgehead atoms. The SMILES string of the molecule is CCCCC/C=C/C=C/C=C/C=C/CCCCCCCC(=O)OC(CCC/C=C\CCCCCCCC)CC(=O)NC(CO)C(O)CCCCCCCCCCCCCCCCCCC. The number of ether oxygens (including phenoxy) is 1. The van der Waals surface area contributed by atoms with Crippen LogP contribution in [-0.4, -0.2) is 46.9 Å². The summed E-state index contributed by atoms with van der Waals surface area (Å²) in [5, 5.41) is 23.8. The van der Waals surface area contributed by atoms with Gasteiger partial charge in [0.25, 0.3) is 0 Å². The van der Waals surface area contributed by atoms with Gasteiger partial charge in [-0.15, -0.1) is 0 Å². The molecule has 0 aliphatic rings. The Hall–Kier alpha value is -2.44. The normalized spacial score (nSPS) is 13.6. The van der Waals surface area contributed by atoms with E-state index >= 15 is 0 Å². The fourth-order valence-corrected chi connectivity index (χ4v) is 8.38. The summed E-state index contributed by atoms with van der Waals surface area (Å²) in [4.78, 5) is 26.2. The lowest BCUT2D eigenvalue weighted by Gasteiger charge is -2.24. The van der Waals surface area contributed by atoms with Crippen LogP contribution in [0.4, 0.5) is 0 Å². The Morgan fingerprint density at radius 1 is 0.446 bits per heavy atom. The summed E-state index contributed by atoms with van der Waals surface area (Å²) in [6.07, 6.45) is 65.7. The van der Waals surface area contributed by atoms with Crippen molar-refractivity contribution >= 4 is 11.9 Å². The fraction of sp³-hybridized carbons (Fsp3) is 0.797. The van der Waals surface area contributed by atoms with Crippen molar-refractivity contribution in [3.05, 3.63) is 60.8 Å². The van der Waals surface area contributed by atoms with Crippen LogP contribution in [0.15, 0.2) is 60.8 Å². The Bertz CT molecular complexity index is 1160. The fourth-order valence-electron chi connectivity index (χ4n) is 8.38. The second-order valence-corrected chi connectivity index (χ2v) is 19.1. The van der Waals surface area contributed by atoms with Crippen molar-refractivity contribution < 1.29 is 24.5 Å². The molecule has 0 aromatic carbocycles. The maximum atomic E-state index is 13.2. The molecular formula is C59H107NO5. The summed E-state index contributed by atoms with van der Waals surface area (Å²) in [5.41, 5.74) is 0. The molecule has 65 heavy (non-hydrogen) atoms. The first kappa shape index (κ1) is 62.6. The third-order valence-electron chi connectivity index (χ3n) is 12.7. The largest absolute Gasteiger partial charge is 0.462 e. The van der Waals surface area contributed by atoms with Gasteiger partial charge in [-0.3, -0.25) is 9.59 Å². The van der Waals surface area contributed by atoms with E-state index in [-0.39, 0.29) is 24.9 Å². The standard InChI is InChI=1S/C59H107NO5/c1-4-7-10-13-16-19-22-24-26-28-30-32-34-37-40-43-46-49-52-59(64)65-55(50-47-44-41-38-35-21-18-15-12-9-6-3)53-58(63)60-56(54-61)57(62)51-48-45-42-39-36-33-31-29-27-25-23-20-17-14-11-8-5-2/h16,19,22,24,26,28,30,32,38,41,55-57,61-62H,4-15,17-18,20-21,23,25,27,29,31,33-37,39-40,42-54H2,1-3H3,(H,60,63)/b19-16+,24-22+,28-26+,32-30+,41-38-. The minimum absolute atomic E-state index is 0.0464. The van der Waals surface area contributed by atoms with Crippen molar-refractivity contribution in [1.29, 1.82) is 0 Å². The Morgan fingerprint density at radius 3 is 1.29 bits per heavy atom. The molecule has 1 amide bonds. The Morgan fingerprint density at radius 2 is 0.815 bits per heavy atom. The van der Waals surface area contributed by atoms with Gasteiger partial charge in [-0.25, -0.2) is 0 Å². The first-order valence-electron chi connectivity index (χ1n) is 28.1. The molecule has 0 aliphatic heterocycles. The highest BCUT2D eigenvalue weighted by molar-refractivity contribution is 5.77. The average molecular weight is 911 g/mol. The van der Waals surface area contributed by atoms with Crippen LogP contribution in [0.5, 0.6) is 0 Å². The van der Waals surface area contributed by atoms with Crippen molar-refractivity contribution in [1.82, 2.24) is 5.32 Å². The second-order valence-electron chi connectivity index (χ2n) is 19.1. The zero-order chi connectivity index (χ0) is 47.4. The lowest BCUT2D eigenvalue weighted by molar-refractivity contribution is -0.151. The second kappa shape index (κ2) is 52.5. The summed E-state index contributed by atoms with van der Waals surface area (Å²) in [5.74, 6) is -0.525. The number of hydrogen-bond donors (Lipinski definition) is 3. The average Bonchev–Trinajstić information content (AvgIpc) is 3.30. The van der Waals surface area contributed by atoms with E-state index < -0.39 is 18.2 Å². The molecule has 0 rings (SSSR count). The molecule has 6 nitrogen and oxygen atoms in total. The monoisotopic (exact) mass is 910 g/mol. The summed E-state index contributed by atoms with van der Waals surface area (Å²) < 4.78 is 5.92. The van der Waals surface area contributed by atoms with Crippen molar-refractivity contribution in [3.63, 3.8) is 0 Å². The Kier molecular flexibility index (Phi) is 50.6. The minimum Gasteiger partial charge on any atom is -0.462 e. The molecule has 378 valence electrons. The molecule has 3 N–H and O–H groups in total. The molecule has 0 aromatic heterocycles. The quantitative estimate of drug-likeness (QED) is 0.0245. The number of allylic oxidation sites excluding steroid dienone is 10. The number of aliphatic hydroxyl groups is 2. The molecule has 3 unspecified atom stereocenters. The van der Waals surface area contributed by atoms with Crippen LogP contribution in [-0.2, 0) is 14.3 Å².